The lowest BCUT2D eigenvalue weighted by Crippen LogP contribution is -2.44. The van der Waals surface area contributed by atoms with E-state index in [1.165, 1.54) is 32.1 Å². The Hall–Kier alpha value is -1.16. The highest BCUT2D eigenvalue weighted by molar-refractivity contribution is 5.20. The zero-order valence-electron chi connectivity index (χ0n) is 12.0. The van der Waals surface area contributed by atoms with Gasteiger partial charge in [0.05, 0.1) is 5.69 Å². The molecule has 1 atom stereocenters. The highest BCUT2D eigenvalue weighted by Crippen LogP contribution is 2.59. The lowest BCUT2D eigenvalue weighted by atomic mass is 9.51. The molecular formula is C16H23N3O. The fourth-order valence-corrected chi connectivity index (χ4v) is 5.34. The van der Waals surface area contributed by atoms with Crippen LogP contribution < -0.4 is 11.4 Å². The molecular weight excluding hydrogens is 250 g/mol. The van der Waals surface area contributed by atoms with Gasteiger partial charge in [-0.1, -0.05) is 0 Å². The van der Waals surface area contributed by atoms with Crippen LogP contribution in [0.25, 0.3) is 0 Å². The molecule has 4 fully saturated rings. The van der Waals surface area contributed by atoms with Gasteiger partial charge in [-0.05, 0) is 68.8 Å². The van der Waals surface area contributed by atoms with E-state index in [9.17, 15) is 4.79 Å². The highest BCUT2D eigenvalue weighted by Gasteiger charge is 2.49. The minimum atomic E-state index is -0.233. The minimum Gasteiger partial charge on any atom is -0.323 e. The average Bonchev–Trinajstić information content (AvgIpc) is 2.36. The third kappa shape index (κ3) is 1.93. The largest absolute Gasteiger partial charge is 0.345 e. The summed E-state index contributed by atoms with van der Waals surface area (Å²) in [6, 6.07) is 1.88. The lowest BCUT2D eigenvalue weighted by Gasteiger charge is -2.54. The summed E-state index contributed by atoms with van der Waals surface area (Å²) in [4.78, 5) is 18.8. The number of aromatic amines is 1. The van der Waals surface area contributed by atoms with Crippen molar-refractivity contribution in [2.24, 2.45) is 29.4 Å². The summed E-state index contributed by atoms with van der Waals surface area (Å²) in [7, 11) is 0. The number of nitrogens with zero attached hydrogens (tertiary/aromatic N) is 1. The Bertz CT molecular complexity index is 549. The van der Waals surface area contributed by atoms with Gasteiger partial charge in [0.1, 0.15) is 0 Å². The maximum atomic E-state index is 11.8. The van der Waals surface area contributed by atoms with Crippen LogP contribution in [-0.4, -0.2) is 9.97 Å². The van der Waals surface area contributed by atoms with Crippen molar-refractivity contribution in [2.75, 3.05) is 0 Å². The van der Waals surface area contributed by atoms with Crippen molar-refractivity contribution in [3.05, 3.63) is 27.9 Å². The molecule has 1 aromatic heterocycles. The number of hydrogen-bond donors (Lipinski definition) is 2. The van der Waals surface area contributed by atoms with Gasteiger partial charge >= 0.3 is 5.69 Å². The summed E-state index contributed by atoms with van der Waals surface area (Å²) < 4.78 is 0. The van der Waals surface area contributed by atoms with Crippen molar-refractivity contribution in [2.45, 2.75) is 51.0 Å². The Morgan fingerprint density at radius 3 is 2.35 bits per heavy atom. The Balaban J connectivity index is 1.72. The molecule has 1 aromatic rings. The van der Waals surface area contributed by atoms with Crippen LogP contribution in [0.3, 0.4) is 0 Å². The van der Waals surface area contributed by atoms with Crippen LogP contribution in [0.15, 0.2) is 10.9 Å². The van der Waals surface area contributed by atoms with Crippen molar-refractivity contribution in [3.8, 4) is 0 Å². The number of nitrogens with one attached hydrogen (secondary N) is 1. The fraction of sp³-hybridized carbons (Fsp3) is 0.750. The highest BCUT2D eigenvalue weighted by atomic mass is 16.1. The van der Waals surface area contributed by atoms with E-state index >= 15 is 0 Å². The van der Waals surface area contributed by atoms with E-state index in [0.717, 1.165) is 35.1 Å². The zero-order valence-corrected chi connectivity index (χ0v) is 12.0. The van der Waals surface area contributed by atoms with Crippen LogP contribution >= 0.6 is 0 Å². The van der Waals surface area contributed by atoms with E-state index in [1.54, 1.807) is 0 Å². The predicted octanol–water partition coefficient (Wildman–Crippen LogP) is 2.33. The molecule has 0 saturated heterocycles. The second kappa shape index (κ2) is 4.42. The number of rotatable bonds is 2. The molecule has 0 aliphatic heterocycles. The predicted molar refractivity (Wildman–Crippen MR) is 77.2 cm³/mol. The topological polar surface area (TPSA) is 71.8 Å². The summed E-state index contributed by atoms with van der Waals surface area (Å²) in [5.74, 6) is 3.98. The summed E-state index contributed by atoms with van der Waals surface area (Å²) in [6.07, 6.45) is 6.88. The van der Waals surface area contributed by atoms with Gasteiger partial charge < -0.3 is 10.7 Å². The molecule has 0 aromatic carbocycles. The molecule has 5 rings (SSSR count). The van der Waals surface area contributed by atoms with E-state index in [-0.39, 0.29) is 11.7 Å². The first kappa shape index (κ1) is 12.6. The molecule has 4 bridgehead atoms. The van der Waals surface area contributed by atoms with Crippen LogP contribution in [0.2, 0.25) is 0 Å². The first-order chi connectivity index (χ1) is 9.60. The van der Waals surface area contributed by atoms with Crippen LogP contribution in [0, 0.1) is 23.7 Å². The van der Waals surface area contributed by atoms with Crippen LogP contribution in [0.5, 0.6) is 0 Å². The molecule has 108 valence electrons. The monoisotopic (exact) mass is 273 g/mol. The number of H-pyrrole nitrogens is 1. The average molecular weight is 273 g/mol. The third-order valence-electron chi connectivity index (χ3n) is 5.84. The smallest absolute Gasteiger partial charge is 0.323 e. The van der Waals surface area contributed by atoms with Crippen molar-refractivity contribution in [1.82, 2.24) is 9.97 Å². The Kier molecular flexibility index (Phi) is 2.78. The van der Waals surface area contributed by atoms with Crippen molar-refractivity contribution >= 4 is 0 Å². The molecule has 1 heterocycles. The van der Waals surface area contributed by atoms with Crippen molar-refractivity contribution < 1.29 is 0 Å². The van der Waals surface area contributed by atoms with Gasteiger partial charge in [0.25, 0.3) is 0 Å². The molecule has 0 radical (unpaired) electrons. The molecule has 4 aliphatic rings. The van der Waals surface area contributed by atoms with Crippen LogP contribution in [0.1, 0.15) is 62.4 Å². The standard InChI is InChI=1S/C16H23N3O/c1-8(17)13-7-14(19-16(20)18-13)15-11-3-9-2-10(5-11)6-12(15)4-9/h7-12,15H,2-6,17H2,1H3,(H,18,19,20). The Labute approximate surface area is 119 Å². The SMILES string of the molecule is CC(N)c1cc(C2C3CC4CC(C3)CC2C4)[nH]c(=O)n1. The van der Waals surface area contributed by atoms with Crippen LogP contribution in [0.4, 0.5) is 0 Å². The molecule has 1 unspecified atom stereocenters. The quantitative estimate of drug-likeness (QED) is 0.868. The van der Waals surface area contributed by atoms with Crippen molar-refractivity contribution in [3.63, 3.8) is 0 Å². The van der Waals surface area contributed by atoms with Gasteiger partial charge in [-0.25, -0.2) is 4.79 Å². The van der Waals surface area contributed by atoms with E-state index in [0.29, 0.717) is 5.92 Å². The van der Waals surface area contributed by atoms with E-state index < -0.39 is 0 Å². The number of hydrogen-bond acceptors (Lipinski definition) is 3. The molecule has 4 heteroatoms. The molecule has 0 spiro atoms. The van der Waals surface area contributed by atoms with Gasteiger partial charge in [-0.2, -0.15) is 4.98 Å². The van der Waals surface area contributed by atoms with Gasteiger partial charge in [-0.3, -0.25) is 0 Å². The first-order valence-electron chi connectivity index (χ1n) is 7.97. The van der Waals surface area contributed by atoms with Gasteiger partial charge in [0.15, 0.2) is 0 Å². The summed E-state index contributed by atoms with van der Waals surface area (Å²) in [5, 5.41) is 0. The maximum Gasteiger partial charge on any atom is 0.345 e. The van der Waals surface area contributed by atoms with E-state index in [1.807, 2.05) is 6.92 Å². The summed E-state index contributed by atoms with van der Waals surface area (Å²) in [5.41, 5.74) is 7.51. The van der Waals surface area contributed by atoms with Crippen LogP contribution in [-0.2, 0) is 0 Å². The Morgan fingerprint density at radius 1 is 1.20 bits per heavy atom. The summed E-state index contributed by atoms with van der Waals surface area (Å²) in [6.45, 7) is 1.89. The second-order valence-electron chi connectivity index (χ2n) is 7.31. The third-order valence-corrected chi connectivity index (χ3v) is 5.84. The first-order valence-corrected chi connectivity index (χ1v) is 7.97. The molecule has 4 aliphatic carbocycles. The van der Waals surface area contributed by atoms with E-state index in [4.69, 9.17) is 5.73 Å². The van der Waals surface area contributed by atoms with Gasteiger partial charge in [0.2, 0.25) is 0 Å². The normalized spacial score (nSPS) is 40.0. The number of nitrogens with two attached hydrogens (primary N) is 1. The molecule has 4 saturated carbocycles. The fourth-order valence-electron chi connectivity index (χ4n) is 5.34. The Morgan fingerprint density at radius 2 is 1.80 bits per heavy atom. The van der Waals surface area contributed by atoms with Gasteiger partial charge in [-0.15, -0.1) is 0 Å². The zero-order chi connectivity index (χ0) is 13.9. The summed E-state index contributed by atoms with van der Waals surface area (Å²) >= 11 is 0. The second-order valence-corrected chi connectivity index (χ2v) is 7.31. The number of aromatic nitrogens is 2. The van der Waals surface area contributed by atoms with Gasteiger partial charge in [0, 0.05) is 17.7 Å². The lowest BCUT2D eigenvalue weighted by molar-refractivity contribution is -0.00430. The molecule has 4 nitrogen and oxygen atoms in total. The van der Waals surface area contributed by atoms with Crippen molar-refractivity contribution in [1.29, 1.82) is 0 Å². The molecule has 0 amide bonds. The molecule has 3 N–H and O–H groups in total. The minimum absolute atomic E-state index is 0.173. The van der Waals surface area contributed by atoms with E-state index in [2.05, 4.69) is 16.0 Å². The molecule has 20 heavy (non-hydrogen) atoms. The maximum absolute atomic E-state index is 11.8.